The van der Waals surface area contributed by atoms with Crippen LogP contribution in [-0.2, 0) is 14.3 Å². The van der Waals surface area contributed by atoms with Crippen molar-refractivity contribution < 1.29 is 23.9 Å². The number of carbonyl (C=O) groups is 3. The van der Waals surface area contributed by atoms with Gasteiger partial charge in [0, 0.05) is 25.8 Å². The maximum atomic E-state index is 13.2. The number of likely N-dealkylation sites (N-methyl/N-ethyl adjacent to an activating group) is 1. The molecule has 3 amide bonds. The fourth-order valence-electron chi connectivity index (χ4n) is 4.48. The van der Waals surface area contributed by atoms with Gasteiger partial charge in [-0.25, -0.2) is 9.79 Å². The number of para-hydroxylation sites is 1. The summed E-state index contributed by atoms with van der Waals surface area (Å²) < 4.78 is 10.8. The van der Waals surface area contributed by atoms with Crippen LogP contribution in [-0.4, -0.2) is 84.1 Å². The fraction of sp³-hybridized carbons (Fsp3) is 0.333. The van der Waals surface area contributed by atoms with Crippen LogP contribution in [0.2, 0.25) is 0 Å². The fourth-order valence-corrected chi connectivity index (χ4v) is 4.48. The second kappa shape index (κ2) is 8.69. The molecule has 0 N–H and O–H groups in total. The van der Waals surface area contributed by atoms with Gasteiger partial charge in [-0.2, -0.15) is 0 Å². The van der Waals surface area contributed by atoms with Gasteiger partial charge >= 0.3 is 12.0 Å². The van der Waals surface area contributed by atoms with Gasteiger partial charge in [-0.15, -0.1) is 0 Å². The van der Waals surface area contributed by atoms with E-state index in [1.54, 1.807) is 14.0 Å². The molecule has 176 valence electrons. The molecule has 0 aliphatic carbocycles. The Morgan fingerprint density at radius 3 is 2.44 bits per heavy atom. The number of amides is 3. The maximum absolute atomic E-state index is 13.2. The van der Waals surface area contributed by atoms with E-state index in [2.05, 4.69) is 0 Å². The minimum absolute atomic E-state index is 0.181. The molecule has 2 saturated heterocycles. The van der Waals surface area contributed by atoms with Crippen LogP contribution >= 0.6 is 0 Å². The van der Waals surface area contributed by atoms with E-state index in [0.717, 1.165) is 16.3 Å². The van der Waals surface area contributed by atoms with E-state index in [4.69, 9.17) is 14.5 Å². The zero-order valence-corrected chi connectivity index (χ0v) is 19.0. The Bertz CT molecular complexity index is 1140. The Balaban J connectivity index is 1.34. The summed E-state index contributed by atoms with van der Waals surface area (Å²) in [7, 11) is 1.59. The monoisotopic (exact) mass is 463 g/mol. The van der Waals surface area contributed by atoms with Gasteiger partial charge in [0.05, 0.1) is 6.61 Å². The molecule has 10 nitrogen and oxygen atoms in total. The molecule has 0 radical (unpaired) electrons. The van der Waals surface area contributed by atoms with Gasteiger partial charge in [0.15, 0.2) is 12.2 Å². The van der Waals surface area contributed by atoms with Crippen LogP contribution in [0.1, 0.15) is 6.92 Å². The number of ether oxygens (including phenoxy) is 2. The molecular weight excluding hydrogens is 438 g/mol. The molecule has 0 saturated carbocycles. The SMILES string of the molecule is CCOC(=O)CN1C(=O)C2C(N=C3N(c4ccc(Oc5ccccc5)cc4)CCN32)N(C)C1=O. The number of rotatable bonds is 6. The quantitative estimate of drug-likeness (QED) is 0.606. The topological polar surface area (TPSA) is 95.0 Å². The van der Waals surface area contributed by atoms with Crippen molar-refractivity contribution in [1.82, 2.24) is 14.7 Å². The summed E-state index contributed by atoms with van der Waals surface area (Å²) in [5, 5.41) is 0. The van der Waals surface area contributed by atoms with E-state index in [1.807, 2.05) is 64.4 Å². The Kier molecular flexibility index (Phi) is 5.56. The van der Waals surface area contributed by atoms with E-state index in [-0.39, 0.29) is 6.61 Å². The standard InChI is InChI=1S/C24H25N5O5/c1-3-33-19(30)15-29-22(31)20-21(26(2)24(29)32)25-23-27(13-14-28(20)23)16-9-11-18(12-10-16)34-17-7-5-4-6-8-17/h4-12,20-21H,3,13-15H2,1-2H3. The van der Waals surface area contributed by atoms with Gasteiger partial charge < -0.3 is 24.2 Å². The average Bonchev–Trinajstić information content (AvgIpc) is 3.42. The number of anilines is 1. The minimum atomic E-state index is -0.669. The van der Waals surface area contributed by atoms with Crippen LogP contribution in [0.25, 0.3) is 0 Å². The van der Waals surface area contributed by atoms with E-state index < -0.39 is 36.7 Å². The number of urea groups is 1. The van der Waals surface area contributed by atoms with Gasteiger partial charge in [0.1, 0.15) is 18.0 Å². The molecule has 2 aromatic rings. The van der Waals surface area contributed by atoms with Gasteiger partial charge in [0.25, 0.3) is 5.91 Å². The molecule has 2 aromatic carbocycles. The van der Waals surface area contributed by atoms with Crippen molar-refractivity contribution in [2.45, 2.75) is 19.1 Å². The summed E-state index contributed by atoms with van der Waals surface area (Å²) in [4.78, 5) is 49.0. The summed E-state index contributed by atoms with van der Waals surface area (Å²) in [6.07, 6.45) is -0.642. The maximum Gasteiger partial charge on any atom is 0.328 e. The normalized spacial score (nSPS) is 21.4. The Hall–Kier alpha value is -4.08. The first-order chi connectivity index (χ1) is 16.5. The third-order valence-electron chi connectivity index (χ3n) is 6.10. The molecule has 3 aliphatic heterocycles. The molecule has 3 heterocycles. The molecule has 0 aromatic heterocycles. The highest BCUT2D eigenvalue weighted by Gasteiger charge is 2.55. The van der Waals surface area contributed by atoms with Crippen LogP contribution < -0.4 is 9.64 Å². The predicted molar refractivity (Wildman–Crippen MR) is 124 cm³/mol. The molecule has 10 heteroatoms. The van der Waals surface area contributed by atoms with E-state index >= 15 is 0 Å². The number of fused-ring (bicyclic) bond motifs is 3. The van der Waals surface area contributed by atoms with Crippen molar-refractivity contribution in [2.24, 2.45) is 4.99 Å². The Morgan fingerprint density at radius 2 is 1.74 bits per heavy atom. The number of carbonyl (C=O) groups excluding carboxylic acids is 3. The molecule has 2 fully saturated rings. The lowest BCUT2D eigenvalue weighted by Crippen LogP contribution is -2.65. The van der Waals surface area contributed by atoms with Gasteiger partial charge in [0.2, 0.25) is 5.96 Å². The average molecular weight is 463 g/mol. The zero-order chi connectivity index (χ0) is 23.8. The zero-order valence-electron chi connectivity index (χ0n) is 19.0. The second-order valence-electron chi connectivity index (χ2n) is 8.16. The molecule has 5 rings (SSSR count). The van der Waals surface area contributed by atoms with Crippen LogP contribution in [0.15, 0.2) is 59.6 Å². The number of benzene rings is 2. The lowest BCUT2D eigenvalue weighted by Gasteiger charge is -2.40. The molecule has 3 aliphatic rings. The van der Waals surface area contributed by atoms with Gasteiger partial charge in [-0.1, -0.05) is 18.2 Å². The van der Waals surface area contributed by atoms with E-state index in [0.29, 0.717) is 24.8 Å². The summed E-state index contributed by atoms with van der Waals surface area (Å²) in [5.74, 6) is 1.05. The number of aliphatic imine (C=N–C) groups is 1. The van der Waals surface area contributed by atoms with Crippen molar-refractivity contribution in [2.75, 3.05) is 38.2 Å². The molecule has 2 unspecified atom stereocenters. The van der Waals surface area contributed by atoms with Crippen LogP contribution in [0.3, 0.4) is 0 Å². The highest BCUT2D eigenvalue weighted by molar-refractivity contribution is 6.08. The smallest absolute Gasteiger partial charge is 0.328 e. The second-order valence-corrected chi connectivity index (χ2v) is 8.16. The number of imide groups is 1. The molecule has 34 heavy (non-hydrogen) atoms. The molecule has 2 atom stereocenters. The van der Waals surface area contributed by atoms with Gasteiger partial charge in [-0.3, -0.25) is 14.5 Å². The van der Waals surface area contributed by atoms with Crippen LogP contribution in [0, 0.1) is 0 Å². The van der Waals surface area contributed by atoms with Crippen molar-refractivity contribution in [3.63, 3.8) is 0 Å². The number of guanidine groups is 1. The van der Waals surface area contributed by atoms with Crippen LogP contribution in [0.5, 0.6) is 11.5 Å². The first-order valence-electron chi connectivity index (χ1n) is 11.2. The van der Waals surface area contributed by atoms with Crippen molar-refractivity contribution in [3.05, 3.63) is 54.6 Å². The number of hydrogen-bond acceptors (Lipinski definition) is 8. The summed E-state index contributed by atoms with van der Waals surface area (Å²) in [5.41, 5.74) is 0.908. The third-order valence-corrected chi connectivity index (χ3v) is 6.10. The first kappa shape index (κ1) is 21.7. The van der Waals surface area contributed by atoms with E-state index in [9.17, 15) is 14.4 Å². The predicted octanol–water partition coefficient (Wildman–Crippen LogP) is 2.12. The lowest BCUT2D eigenvalue weighted by molar-refractivity contribution is -0.150. The summed E-state index contributed by atoms with van der Waals surface area (Å²) >= 11 is 0. The van der Waals surface area contributed by atoms with Crippen molar-refractivity contribution >= 4 is 29.6 Å². The lowest BCUT2D eigenvalue weighted by atomic mass is 10.1. The summed E-state index contributed by atoms with van der Waals surface area (Å²) in [6, 6.07) is 16.0. The van der Waals surface area contributed by atoms with E-state index in [1.165, 1.54) is 4.90 Å². The largest absolute Gasteiger partial charge is 0.465 e. The highest BCUT2D eigenvalue weighted by Crippen LogP contribution is 2.34. The first-order valence-corrected chi connectivity index (χ1v) is 11.2. The Morgan fingerprint density at radius 1 is 1.03 bits per heavy atom. The van der Waals surface area contributed by atoms with Crippen LogP contribution in [0.4, 0.5) is 10.5 Å². The third kappa shape index (κ3) is 3.70. The number of nitrogens with zero attached hydrogens (tertiary/aromatic N) is 5. The molecule has 0 spiro atoms. The van der Waals surface area contributed by atoms with Crippen molar-refractivity contribution in [1.29, 1.82) is 0 Å². The number of hydrogen-bond donors (Lipinski definition) is 0. The minimum Gasteiger partial charge on any atom is -0.465 e. The van der Waals surface area contributed by atoms with Gasteiger partial charge in [-0.05, 0) is 43.3 Å². The number of esters is 1. The molecular formula is C24H25N5O5. The summed E-state index contributed by atoms with van der Waals surface area (Å²) in [6.45, 7) is 2.67. The molecule has 0 bridgehead atoms. The Labute approximate surface area is 196 Å². The highest BCUT2D eigenvalue weighted by atomic mass is 16.5. The van der Waals surface area contributed by atoms with Crippen molar-refractivity contribution in [3.8, 4) is 11.5 Å².